The van der Waals surface area contributed by atoms with Crippen LogP contribution in [0.4, 0.5) is 0 Å². The van der Waals surface area contributed by atoms with Gasteiger partial charge in [0.05, 0.1) is 6.10 Å². The summed E-state index contributed by atoms with van der Waals surface area (Å²) >= 11 is 0. The molecule has 0 aromatic heterocycles. The lowest BCUT2D eigenvalue weighted by Gasteiger charge is -2.15. The molecule has 2 aromatic carbocycles. The minimum Gasteiger partial charge on any atom is -0.372 e. The lowest BCUT2D eigenvalue weighted by molar-refractivity contribution is 0.0689. The molecule has 0 radical (unpaired) electrons. The summed E-state index contributed by atoms with van der Waals surface area (Å²) in [5, 5.41) is 2.48. The smallest absolute Gasteiger partial charge is 0.0947 e. The van der Waals surface area contributed by atoms with Crippen LogP contribution in [0.25, 0.3) is 10.8 Å². The molecule has 0 spiro atoms. The fourth-order valence-corrected chi connectivity index (χ4v) is 1.91. The molecule has 84 valence electrons. The summed E-state index contributed by atoms with van der Waals surface area (Å²) < 4.78 is 5.60. The van der Waals surface area contributed by atoms with E-state index in [2.05, 4.69) is 30.3 Å². The van der Waals surface area contributed by atoms with Gasteiger partial charge in [0.15, 0.2) is 0 Å². The van der Waals surface area contributed by atoms with Gasteiger partial charge in [0, 0.05) is 13.2 Å². The average Bonchev–Trinajstić information content (AvgIpc) is 2.35. The van der Waals surface area contributed by atoms with Crippen LogP contribution in [0.15, 0.2) is 42.5 Å². The van der Waals surface area contributed by atoms with Crippen LogP contribution in [-0.2, 0) is 4.74 Å². The highest BCUT2D eigenvalue weighted by Crippen LogP contribution is 2.22. The van der Waals surface area contributed by atoms with Gasteiger partial charge in [-0.2, -0.15) is 0 Å². The molecule has 2 rings (SSSR count). The SMILES string of the molecule is CCOC(CN)c1ccc2ccccc2c1. The Kier molecular flexibility index (Phi) is 3.54. The van der Waals surface area contributed by atoms with Gasteiger partial charge in [0.25, 0.3) is 0 Å². The zero-order chi connectivity index (χ0) is 11.4. The summed E-state index contributed by atoms with van der Waals surface area (Å²) in [6.07, 6.45) is 0.00889. The van der Waals surface area contributed by atoms with Gasteiger partial charge < -0.3 is 10.5 Å². The lowest BCUT2D eigenvalue weighted by atomic mass is 10.0. The Balaban J connectivity index is 2.37. The molecule has 0 bridgehead atoms. The van der Waals surface area contributed by atoms with Crippen LogP contribution in [0.2, 0.25) is 0 Å². The predicted octanol–water partition coefficient (Wildman–Crippen LogP) is 2.88. The van der Waals surface area contributed by atoms with Gasteiger partial charge in [-0.3, -0.25) is 0 Å². The van der Waals surface area contributed by atoms with Crippen LogP contribution in [0.3, 0.4) is 0 Å². The number of ether oxygens (including phenoxy) is 1. The molecule has 2 nitrogen and oxygen atoms in total. The summed E-state index contributed by atoms with van der Waals surface area (Å²) in [7, 11) is 0. The zero-order valence-corrected chi connectivity index (χ0v) is 9.52. The van der Waals surface area contributed by atoms with Gasteiger partial charge in [-0.1, -0.05) is 36.4 Å². The second-order valence-electron chi connectivity index (χ2n) is 3.79. The van der Waals surface area contributed by atoms with Crippen molar-refractivity contribution in [3.63, 3.8) is 0 Å². The predicted molar refractivity (Wildman–Crippen MR) is 67.4 cm³/mol. The van der Waals surface area contributed by atoms with E-state index in [4.69, 9.17) is 10.5 Å². The van der Waals surface area contributed by atoms with Gasteiger partial charge >= 0.3 is 0 Å². The number of rotatable bonds is 4. The van der Waals surface area contributed by atoms with E-state index in [9.17, 15) is 0 Å². The number of hydrogen-bond donors (Lipinski definition) is 1. The third-order valence-electron chi connectivity index (χ3n) is 2.73. The van der Waals surface area contributed by atoms with E-state index in [0.717, 1.165) is 5.56 Å². The maximum absolute atomic E-state index is 5.71. The van der Waals surface area contributed by atoms with Gasteiger partial charge in [-0.05, 0) is 29.3 Å². The second-order valence-corrected chi connectivity index (χ2v) is 3.79. The largest absolute Gasteiger partial charge is 0.372 e. The van der Waals surface area contributed by atoms with Crippen LogP contribution in [0.1, 0.15) is 18.6 Å². The monoisotopic (exact) mass is 215 g/mol. The highest BCUT2D eigenvalue weighted by Gasteiger charge is 2.09. The molecule has 0 aliphatic heterocycles. The van der Waals surface area contributed by atoms with Crippen LogP contribution in [0.5, 0.6) is 0 Å². The van der Waals surface area contributed by atoms with Crippen molar-refractivity contribution in [1.29, 1.82) is 0 Å². The first-order valence-electron chi connectivity index (χ1n) is 5.65. The van der Waals surface area contributed by atoms with Crippen molar-refractivity contribution in [2.24, 2.45) is 5.73 Å². The minimum absolute atomic E-state index is 0.00889. The molecule has 1 atom stereocenters. The maximum Gasteiger partial charge on any atom is 0.0947 e. The molecule has 0 aliphatic rings. The first kappa shape index (κ1) is 11.1. The molecular formula is C14H17NO. The van der Waals surface area contributed by atoms with E-state index in [0.29, 0.717) is 13.2 Å². The Labute approximate surface area is 96.0 Å². The van der Waals surface area contributed by atoms with Crippen LogP contribution < -0.4 is 5.73 Å². The molecule has 16 heavy (non-hydrogen) atoms. The maximum atomic E-state index is 5.71. The summed E-state index contributed by atoms with van der Waals surface area (Å²) in [5.41, 5.74) is 6.87. The van der Waals surface area contributed by atoms with Crippen molar-refractivity contribution in [3.8, 4) is 0 Å². The van der Waals surface area contributed by atoms with Crippen molar-refractivity contribution in [2.75, 3.05) is 13.2 Å². The van der Waals surface area contributed by atoms with Crippen LogP contribution >= 0.6 is 0 Å². The number of fused-ring (bicyclic) bond motifs is 1. The first-order valence-corrected chi connectivity index (χ1v) is 5.65. The Morgan fingerprint density at radius 3 is 2.56 bits per heavy atom. The van der Waals surface area contributed by atoms with Crippen LogP contribution in [-0.4, -0.2) is 13.2 Å². The average molecular weight is 215 g/mol. The second kappa shape index (κ2) is 5.10. The third-order valence-corrected chi connectivity index (χ3v) is 2.73. The first-order chi connectivity index (χ1) is 7.85. The number of nitrogens with two attached hydrogens (primary N) is 1. The Morgan fingerprint density at radius 2 is 1.88 bits per heavy atom. The summed E-state index contributed by atoms with van der Waals surface area (Å²) in [5.74, 6) is 0. The fraction of sp³-hybridized carbons (Fsp3) is 0.286. The van der Waals surface area contributed by atoms with E-state index in [1.54, 1.807) is 0 Å². The Hall–Kier alpha value is -1.38. The highest BCUT2D eigenvalue weighted by atomic mass is 16.5. The minimum atomic E-state index is 0.00889. The van der Waals surface area contributed by atoms with Gasteiger partial charge in [0.1, 0.15) is 0 Å². The third kappa shape index (κ3) is 2.23. The normalized spacial score (nSPS) is 12.9. The standard InChI is InChI=1S/C14H17NO/c1-2-16-14(10-15)13-8-7-11-5-3-4-6-12(11)9-13/h3-9,14H,2,10,15H2,1H3. The van der Waals surface area contributed by atoms with Gasteiger partial charge in [0.2, 0.25) is 0 Å². The van der Waals surface area contributed by atoms with E-state index in [1.165, 1.54) is 10.8 Å². The van der Waals surface area contributed by atoms with E-state index in [1.807, 2.05) is 19.1 Å². The molecule has 2 aromatic rings. The lowest BCUT2D eigenvalue weighted by Crippen LogP contribution is -2.15. The van der Waals surface area contributed by atoms with Crippen molar-refractivity contribution < 1.29 is 4.74 Å². The summed E-state index contributed by atoms with van der Waals surface area (Å²) in [4.78, 5) is 0. The molecular weight excluding hydrogens is 198 g/mol. The van der Waals surface area contributed by atoms with Crippen molar-refractivity contribution in [3.05, 3.63) is 48.0 Å². The molecule has 0 fully saturated rings. The number of benzene rings is 2. The summed E-state index contributed by atoms with van der Waals surface area (Å²) in [6, 6.07) is 14.7. The van der Waals surface area contributed by atoms with Crippen molar-refractivity contribution >= 4 is 10.8 Å². The topological polar surface area (TPSA) is 35.2 Å². The molecule has 0 heterocycles. The molecule has 0 saturated carbocycles. The zero-order valence-electron chi connectivity index (χ0n) is 9.52. The van der Waals surface area contributed by atoms with Crippen LogP contribution in [0, 0.1) is 0 Å². The fourth-order valence-electron chi connectivity index (χ4n) is 1.91. The molecule has 2 heteroatoms. The van der Waals surface area contributed by atoms with Crippen molar-refractivity contribution in [2.45, 2.75) is 13.0 Å². The van der Waals surface area contributed by atoms with E-state index in [-0.39, 0.29) is 6.10 Å². The molecule has 0 saturated heterocycles. The molecule has 2 N–H and O–H groups in total. The molecule has 1 unspecified atom stereocenters. The van der Waals surface area contributed by atoms with Crippen molar-refractivity contribution in [1.82, 2.24) is 0 Å². The summed E-state index contributed by atoms with van der Waals surface area (Å²) in [6.45, 7) is 3.20. The number of hydrogen-bond acceptors (Lipinski definition) is 2. The molecule has 0 amide bonds. The quantitative estimate of drug-likeness (QED) is 0.851. The Morgan fingerprint density at radius 1 is 1.12 bits per heavy atom. The van der Waals surface area contributed by atoms with Gasteiger partial charge in [-0.15, -0.1) is 0 Å². The molecule has 0 aliphatic carbocycles. The van der Waals surface area contributed by atoms with Gasteiger partial charge in [-0.25, -0.2) is 0 Å². The van der Waals surface area contributed by atoms with E-state index < -0.39 is 0 Å². The highest BCUT2D eigenvalue weighted by molar-refractivity contribution is 5.83. The van der Waals surface area contributed by atoms with E-state index >= 15 is 0 Å². The Bertz CT molecular complexity index is 467.